The Morgan fingerprint density at radius 1 is 1.13 bits per heavy atom. The number of benzene rings is 1. The van der Waals surface area contributed by atoms with Gasteiger partial charge in [0, 0.05) is 23.6 Å². The van der Waals surface area contributed by atoms with E-state index in [0.29, 0.717) is 17.3 Å². The van der Waals surface area contributed by atoms with E-state index in [1.54, 1.807) is 0 Å². The molecule has 0 aromatic heterocycles. The predicted molar refractivity (Wildman–Crippen MR) is 93.9 cm³/mol. The van der Waals surface area contributed by atoms with Crippen molar-refractivity contribution in [1.29, 1.82) is 0 Å². The molecule has 130 valence electrons. The van der Waals surface area contributed by atoms with Crippen LogP contribution in [-0.2, 0) is 20.0 Å². The molecule has 1 fully saturated rings. The van der Waals surface area contributed by atoms with Gasteiger partial charge in [-0.2, -0.15) is 0 Å². The molecule has 1 N–H and O–H groups in total. The van der Waals surface area contributed by atoms with E-state index in [1.807, 2.05) is 0 Å². The van der Waals surface area contributed by atoms with E-state index in [0.717, 1.165) is 6.26 Å². The standard InChI is InChI=1S/C12H15BrCl2N2O4S2/c1-22(18,19)17-4-2-9(3-5-17)16-23(20,21)12-10(14)6-8(13)7-11(12)15/h6-7,9,16H,2-5H2,1H3. The van der Waals surface area contributed by atoms with Crippen molar-refractivity contribution in [2.45, 2.75) is 23.8 Å². The highest BCUT2D eigenvalue weighted by Crippen LogP contribution is 2.33. The number of nitrogens with zero attached hydrogens (tertiary/aromatic N) is 1. The Morgan fingerprint density at radius 3 is 2.04 bits per heavy atom. The fourth-order valence-electron chi connectivity index (χ4n) is 2.37. The molecule has 0 unspecified atom stereocenters. The van der Waals surface area contributed by atoms with E-state index in [2.05, 4.69) is 20.7 Å². The van der Waals surface area contributed by atoms with Crippen LogP contribution in [0.25, 0.3) is 0 Å². The van der Waals surface area contributed by atoms with Crippen molar-refractivity contribution in [1.82, 2.24) is 9.03 Å². The third-order valence-corrected chi connectivity index (χ3v) is 7.68. The first kappa shape index (κ1) is 19.4. The van der Waals surface area contributed by atoms with Gasteiger partial charge in [-0.05, 0) is 25.0 Å². The smallest absolute Gasteiger partial charge is 0.213 e. The zero-order chi connectivity index (χ0) is 17.4. The number of halogens is 3. The van der Waals surface area contributed by atoms with Gasteiger partial charge in [0.25, 0.3) is 0 Å². The lowest BCUT2D eigenvalue weighted by Crippen LogP contribution is -2.46. The minimum atomic E-state index is -3.89. The van der Waals surface area contributed by atoms with Gasteiger partial charge in [-0.1, -0.05) is 39.1 Å². The Hall–Kier alpha value is 0.1000. The summed E-state index contributed by atoms with van der Waals surface area (Å²) in [7, 11) is -7.15. The summed E-state index contributed by atoms with van der Waals surface area (Å²) in [6, 6.07) is 2.54. The average molecular weight is 466 g/mol. The summed E-state index contributed by atoms with van der Waals surface area (Å²) >= 11 is 15.2. The summed E-state index contributed by atoms with van der Waals surface area (Å²) in [4.78, 5) is -0.172. The summed E-state index contributed by atoms with van der Waals surface area (Å²) in [5.41, 5.74) is 0. The van der Waals surface area contributed by atoms with Gasteiger partial charge in [0.15, 0.2) is 0 Å². The fourth-order valence-corrected chi connectivity index (χ4v) is 6.49. The number of nitrogens with one attached hydrogen (secondary N) is 1. The van der Waals surface area contributed by atoms with Gasteiger partial charge in [-0.15, -0.1) is 0 Å². The maximum absolute atomic E-state index is 12.5. The van der Waals surface area contributed by atoms with Gasteiger partial charge in [0.05, 0.1) is 16.3 Å². The Kier molecular flexibility index (Phi) is 6.04. The SMILES string of the molecule is CS(=O)(=O)N1CCC(NS(=O)(=O)c2c(Cl)cc(Br)cc2Cl)CC1. The normalized spacial score (nSPS) is 18.3. The molecular formula is C12H15BrCl2N2O4S2. The van der Waals surface area contributed by atoms with Crippen molar-refractivity contribution in [3.63, 3.8) is 0 Å². The molecule has 0 aliphatic carbocycles. The highest BCUT2D eigenvalue weighted by Gasteiger charge is 2.30. The zero-order valence-corrected chi connectivity index (χ0v) is 16.8. The van der Waals surface area contributed by atoms with E-state index in [9.17, 15) is 16.8 Å². The minimum absolute atomic E-state index is 0.0189. The van der Waals surface area contributed by atoms with Crippen LogP contribution >= 0.6 is 39.1 Å². The second-order valence-corrected chi connectivity index (χ2v) is 10.6. The van der Waals surface area contributed by atoms with Crippen molar-refractivity contribution >= 4 is 59.2 Å². The molecule has 0 saturated carbocycles. The van der Waals surface area contributed by atoms with Gasteiger partial charge >= 0.3 is 0 Å². The van der Waals surface area contributed by atoms with Crippen molar-refractivity contribution in [3.8, 4) is 0 Å². The lowest BCUT2D eigenvalue weighted by Gasteiger charge is -2.30. The Balaban J connectivity index is 2.15. The van der Waals surface area contributed by atoms with Crippen molar-refractivity contribution < 1.29 is 16.8 Å². The van der Waals surface area contributed by atoms with Crippen LogP contribution in [0.15, 0.2) is 21.5 Å². The second kappa shape index (κ2) is 7.15. The maximum atomic E-state index is 12.5. The second-order valence-electron chi connectivity index (χ2n) is 5.26. The third kappa shape index (κ3) is 4.81. The highest BCUT2D eigenvalue weighted by molar-refractivity contribution is 9.10. The van der Waals surface area contributed by atoms with Gasteiger partial charge in [-0.3, -0.25) is 0 Å². The maximum Gasteiger partial charge on any atom is 0.243 e. The Morgan fingerprint density at radius 2 is 1.61 bits per heavy atom. The van der Waals surface area contributed by atoms with Crippen LogP contribution in [0.4, 0.5) is 0 Å². The van der Waals surface area contributed by atoms with Crippen molar-refractivity contribution in [3.05, 3.63) is 26.7 Å². The van der Waals surface area contributed by atoms with E-state index in [1.165, 1.54) is 16.4 Å². The molecule has 0 radical (unpaired) electrons. The topological polar surface area (TPSA) is 83.6 Å². The number of piperidine rings is 1. The molecule has 23 heavy (non-hydrogen) atoms. The first-order valence-corrected chi connectivity index (χ1v) is 11.5. The number of sulfonamides is 2. The molecule has 2 rings (SSSR count). The van der Waals surface area contributed by atoms with E-state index >= 15 is 0 Å². The van der Waals surface area contributed by atoms with Crippen LogP contribution in [-0.4, -0.2) is 46.5 Å². The van der Waals surface area contributed by atoms with Gasteiger partial charge in [0.2, 0.25) is 20.0 Å². The fraction of sp³-hybridized carbons (Fsp3) is 0.500. The van der Waals surface area contributed by atoms with E-state index < -0.39 is 20.0 Å². The van der Waals surface area contributed by atoms with Crippen LogP contribution in [0.3, 0.4) is 0 Å². The molecule has 1 aliphatic heterocycles. The summed E-state index contributed by atoms with van der Waals surface area (Å²) in [5, 5.41) is 0.0379. The largest absolute Gasteiger partial charge is 0.243 e. The van der Waals surface area contributed by atoms with Crippen LogP contribution in [0.1, 0.15) is 12.8 Å². The molecule has 1 heterocycles. The van der Waals surface area contributed by atoms with Gasteiger partial charge < -0.3 is 0 Å². The zero-order valence-electron chi connectivity index (χ0n) is 12.1. The molecular weight excluding hydrogens is 451 g/mol. The van der Waals surface area contributed by atoms with E-state index in [4.69, 9.17) is 23.2 Å². The van der Waals surface area contributed by atoms with Crippen LogP contribution in [0.2, 0.25) is 10.0 Å². The van der Waals surface area contributed by atoms with Crippen LogP contribution < -0.4 is 4.72 Å². The molecule has 0 spiro atoms. The van der Waals surface area contributed by atoms with Crippen molar-refractivity contribution in [2.75, 3.05) is 19.3 Å². The summed E-state index contributed by atoms with van der Waals surface area (Å²) < 4.78 is 52.4. The Labute approximate surface area is 154 Å². The molecule has 11 heteroatoms. The third-order valence-electron chi connectivity index (χ3n) is 3.48. The highest BCUT2D eigenvalue weighted by atomic mass is 79.9. The molecule has 1 aromatic rings. The lowest BCUT2D eigenvalue weighted by molar-refractivity contribution is 0.310. The predicted octanol–water partition coefficient (Wildman–Crippen LogP) is 2.46. The quantitative estimate of drug-likeness (QED) is 0.740. The molecule has 1 aliphatic rings. The number of rotatable bonds is 4. The van der Waals surface area contributed by atoms with Crippen LogP contribution in [0.5, 0.6) is 0 Å². The molecule has 0 bridgehead atoms. The van der Waals surface area contributed by atoms with Crippen LogP contribution in [0, 0.1) is 0 Å². The molecule has 1 saturated heterocycles. The monoisotopic (exact) mass is 464 g/mol. The lowest BCUT2D eigenvalue weighted by atomic mass is 10.1. The van der Waals surface area contributed by atoms with Gasteiger partial charge in [0.1, 0.15) is 4.90 Å². The molecule has 1 aromatic carbocycles. The number of hydrogen-bond acceptors (Lipinski definition) is 4. The van der Waals surface area contributed by atoms with Crippen molar-refractivity contribution in [2.24, 2.45) is 0 Å². The molecule has 0 amide bonds. The molecule has 0 atom stereocenters. The molecule has 6 nitrogen and oxygen atoms in total. The van der Waals surface area contributed by atoms with E-state index in [-0.39, 0.29) is 34.1 Å². The first-order valence-electron chi connectivity index (χ1n) is 6.63. The minimum Gasteiger partial charge on any atom is -0.213 e. The first-order chi connectivity index (χ1) is 10.5. The Bertz CT molecular complexity index is 783. The number of hydrogen-bond donors (Lipinski definition) is 1. The average Bonchev–Trinajstić information content (AvgIpc) is 2.35. The summed E-state index contributed by atoms with van der Waals surface area (Å²) in [6.07, 6.45) is 1.91. The summed E-state index contributed by atoms with van der Waals surface area (Å²) in [5.74, 6) is 0. The summed E-state index contributed by atoms with van der Waals surface area (Å²) in [6.45, 7) is 0.543. The van der Waals surface area contributed by atoms with Gasteiger partial charge in [-0.25, -0.2) is 25.9 Å².